The van der Waals surface area contributed by atoms with Crippen LogP contribution in [0.2, 0.25) is 0 Å². The first-order valence-electron chi connectivity index (χ1n) is 4.99. The van der Waals surface area contributed by atoms with Gasteiger partial charge in [-0.05, 0) is 22.6 Å². The normalized spacial score (nSPS) is 10.4. The van der Waals surface area contributed by atoms with E-state index in [1.165, 1.54) is 0 Å². The van der Waals surface area contributed by atoms with E-state index in [4.69, 9.17) is 0 Å². The Morgan fingerprint density at radius 1 is 1.44 bits per heavy atom. The average molecular weight is 329 g/mol. The van der Waals surface area contributed by atoms with Crippen molar-refractivity contribution >= 4 is 28.4 Å². The Kier molecular flexibility index (Phi) is 3.37. The lowest BCUT2D eigenvalue weighted by Gasteiger charge is -2.06. The Bertz CT molecular complexity index is 471. The maximum Gasteiger partial charge on any atom is 0.159 e. The topological polar surface area (TPSA) is 55.6 Å². The van der Waals surface area contributed by atoms with Gasteiger partial charge in [-0.2, -0.15) is 5.10 Å². The van der Waals surface area contributed by atoms with E-state index in [1.54, 1.807) is 10.9 Å². The molecule has 0 radical (unpaired) electrons. The fourth-order valence-electron chi connectivity index (χ4n) is 1.31. The van der Waals surface area contributed by atoms with E-state index >= 15 is 0 Å². The molecule has 0 aliphatic rings. The molecule has 1 N–H and O–H groups in total. The number of nitrogens with zero attached hydrogens (tertiary/aromatic N) is 4. The second-order valence-electron chi connectivity index (χ2n) is 3.23. The van der Waals surface area contributed by atoms with Gasteiger partial charge in [0.2, 0.25) is 0 Å². The molecule has 0 saturated carbocycles. The zero-order valence-electron chi connectivity index (χ0n) is 9.11. The summed E-state index contributed by atoms with van der Waals surface area (Å²) in [7, 11) is 1.85. The van der Waals surface area contributed by atoms with E-state index in [9.17, 15) is 0 Å². The van der Waals surface area contributed by atoms with Crippen molar-refractivity contribution in [2.75, 3.05) is 12.4 Å². The highest BCUT2D eigenvalue weighted by atomic mass is 127. The first kappa shape index (κ1) is 11.3. The summed E-state index contributed by atoms with van der Waals surface area (Å²) in [5.74, 6) is 2.42. The summed E-state index contributed by atoms with van der Waals surface area (Å²) < 4.78 is 2.84. The molecule has 0 saturated heterocycles. The van der Waals surface area contributed by atoms with Crippen LogP contribution in [0, 0.1) is 3.57 Å². The van der Waals surface area contributed by atoms with Gasteiger partial charge in [-0.3, -0.25) is 0 Å². The van der Waals surface area contributed by atoms with Crippen molar-refractivity contribution in [2.24, 2.45) is 0 Å². The van der Waals surface area contributed by atoms with Crippen LogP contribution in [0.3, 0.4) is 0 Å². The van der Waals surface area contributed by atoms with Crippen LogP contribution < -0.4 is 5.32 Å². The average Bonchev–Trinajstić information content (AvgIpc) is 2.75. The summed E-state index contributed by atoms with van der Waals surface area (Å²) in [6.07, 6.45) is 4.54. The van der Waals surface area contributed by atoms with Gasteiger partial charge in [0.15, 0.2) is 5.82 Å². The molecular weight excluding hydrogens is 317 g/mol. The SMILES string of the molecule is CCc1nc(NC)cc(-n2cc(I)cn2)n1. The molecule has 0 aliphatic carbocycles. The smallest absolute Gasteiger partial charge is 0.159 e. The number of rotatable bonds is 3. The minimum absolute atomic E-state index is 0.791. The van der Waals surface area contributed by atoms with Gasteiger partial charge in [0.1, 0.15) is 11.6 Å². The minimum atomic E-state index is 0.791. The van der Waals surface area contributed by atoms with E-state index < -0.39 is 0 Å². The molecule has 0 amide bonds. The number of hydrogen-bond donors (Lipinski definition) is 1. The van der Waals surface area contributed by atoms with Crippen LogP contribution in [0.15, 0.2) is 18.5 Å². The molecule has 2 aromatic heterocycles. The Labute approximate surface area is 107 Å². The maximum absolute atomic E-state index is 4.43. The summed E-state index contributed by atoms with van der Waals surface area (Å²) in [5.41, 5.74) is 0. The van der Waals surface area contributed by atoms with E-state index in [0.29, 0.717) is 0 Å². The largest absolute Gasteiger partial charge is 0.373 e. The summed E-state index contributed by atoms with van der Waals surface area (Å²) in [6.45, 7) is 2.03. The first-order valence-corrected chi connectivity index (χ1v) is 6.07. The zero-order chi connectivity index (χ0) is 11.5. The standard InChI is InChI=1S/C10H12IN5/c1-3-8-14-9(12-2)4-10(15-8)16-6-7(11)5-13-16/h4-6H,3H2,1-2H3,(H,12,14,15). The summed E-state index contributed by atoms with van der Waals surface area (Å²) in [4.78, 5) is 8.77. The third kappa shape index (κ3) is 2.31. The van der Waals surface area contributed by atoms with Crippen molar-refractivity contribution in [2.45, 2.75) is 13.3 Å². The molecular formula is C10H12IN5. The Hall–Kier alpha value is -1.18. The molecule has 0 unspecified atom stereocenters. The molecule has 84 valence electrons. The number of halogens is 1. The molecule has 2 aromatic rings. The molecule has 6 heteroatoms. The number of anilines is 1. The van der Waals surface area contributed by atoms with Gasteiger partial charge in [-0.15, -0.1) is 0 Å². The molecule has 2 heterocycles. The third-order valence-electron chi connectivity index (χ3n) is 2.12. The van der Waals surface area contributed by atoms with Crippen molar-refractivity contribution < 1.29 is 0 Å². The highest BCUT2D eigenvalue weighted by Crippen LogP contribution is 2.12. The van der Waals surface area contributed by atoms with Crippen molar-refractivity contribution in [3.8, 4) is 5.82 Å². The third-order valence-corrected chi connectivity index (χ3v) is 2.67. The lowest BCUT2D eigenvalue weighted by Crippen LogP contribution is -2.05. The van der Waals surface area contributed by atoms with Crippen LogP contribution in [0.1, 0.15) is 12.7 Å². The Morgan fingerprint density at radius 3 is 2.81 bits per heavy atom. The second kappa shape index (κ2) is 4.77. The van der Waals surface area contributed by atoms with Gasteiger partial charge in [0.05, 0.1) is 9.77 Å². The molecule has 0 spiro atoms. The van der Waals surface area contributed by atoms with Gasteiger partial charge >= 0.3 is 0 Å². The van der Waals surface area contributed by atoms with Crippen LogP contribution >= 0.6 is 22.6 Å². The van der Waals surface area contributed by atoms with Crippen molar-refractivity contribution in [1.29, 1.82) is 0 Å². The first-order chi connectivity index (χ1) is 7.72. The van der Waals surface area contributed by atoms with Gasteiger partial charge < -0.3 is 5.32 Å². The lowest BCUT2D eigenvalue weighted by atomic mass is 10.4. The molecule has 0 fully saturated rings. The summed E-state index contributed by atoms with van der Waals surface area (Å²) in [6, 6.07) is 1.88. The van der Waals surface area contributed by atoms with E-state index in [2.05, 4.69) is 43.0 Å². The van der Waals surface area contributed by atoms with Crippen LogP contribution in [-0.2, 0) is 6.42 Å². The van der Waals surface area contributed by atoms with Crippen LogP contribution in [0.25, 0.3) is 5.82 Å². The molecule has 0 aliphatic heterocycles. The van der Waals surface area contributed by atoms with Crippen molar-refractivity contribution in [3.05, 3.63) is 27.9 Å². The van der Waals surface area contributed by atoms with Gasteiger partial charge in [0, 0.05) is 25.7 Å². The highest BCUT2D eigenvalue weighted by Gasteiger charge is 2.05. The Balaban J connectivity index is 2.47. The number of hydrogen-bond acceptors (Lipinski definition) is 4. The van der Waals surface area contributed by atoms with Crippen LogP contribution in [0.5, 0.6) is 0 Å². The van der Waals surface area contributed by atoms with Gasteiger partial charge in [0.25, 0.3) is 0 Å². The molecule has 2 rings (SSSR count). The van der Waals surface area contributed by atoms with Crippen molar-refractivity contribution in [1.82, 2.24) is 19.7 Å². The fourth-order valence-corrected chi connectivity index (χ4v) is 1.70. The fraction of sp³-hybridized carbons (Fsp3) is 0.300. The molecule has 0 bridgehead atoms. The number of aryl methyl sites for hydroxylation is 1. The number of nitrogens with one attached hydrogen (secondary N) is 1. The Morgan fingerprint density at radius 2 is 2.25 bits per heavy atom. The van der Waals surface area contributed by atoms with E-state index in [0.717, 1.165) is 27.5 Å². The molecule has 5 nitrogen and oxygen atoms in total. The number of aromatic nitrogens is 4. The van der Waals surface area contributed by atoms with Gasteiger partial charge in [-0.1, -0.05) is 6.92 Å². The zero-order valence-corrected chi connectivity index (χ0v) is 11.3. The minimum Gasteiger partial charge on any atom is -0.373 e. The summed E-state index contributed by atoms with van der Waals surface area (Å²) in [5, 5.41) is 7.25. The highest BCUT2D eigenvalue weighted by molar-refractivity contribution is 14.1. The van der Waals surface area contributed by atoms with Crippen LogP contribution in [-0.4, -0.2) is 26.8 Å². The van der Waals surface area contributed by atoms with Crippen molar-refractivity contribution in [3.63, 3.8) is 0 Å². The quantitative estimate of drug-likeness (QED) is 0.874. The van der Waals surface area contributed by atoms with Crippen LogP contribution in [0.4, 0.5) is 5.82 Å². The molecule has 16 heavy (non-hydrogen) atoms. The molecule has 0 atom stereocenters. The second-order valence-corrected chi connectivity index (χ2v) is 4.48. The van der Waals surface area contributed by atoms with E-state index in [-0.39, 0.29) is 0 Å². The lowest BCUT2D eigenvalue weighted by molar-refractivity contribution is 0.814. The summed E-state index contributed by atoms with van der Waals surface area (Å²) >= 11 is 2.22. The van der Waals surface area contributed by atoms with Gasteiger partial charge in [-0.25, -0.2) is 14.6 Å². The predicted molar refractivity (Wildman–Crippen MR) is 70.8 cm³/mol. The molecule has 0 aromatic carbocycles. The van der Waals surface area contributed by atoms with E-state index in [1.807, 2.05) is 26.2 Å². The monoisotopic (exact) mass is 329 g/mol. The predicted octanol–water partition coefficient (Wildman–Crippen LogP) is 1.87. The maximum atomic E-state index is 4.43.